The Labute approximate surface area is 280 Å². The van der Waals surface area contributed by atoms with E-state index < -0.39 is 29.3 Å². The number of imidazole rings is 1. The van der Waals surface area contributed by atoms with Crippen LogP contribution in [0.15, 0.2) is 48.7 Å². The zero-order chi connectivity index (χ0) is 34.4. The molecule has 3 aliphatic heterocycles. The second-order valence-electron chi connectivity index (χ2n) is 14.4. The molecule has 5 heterocycles. The van der Waals surface area contributed by atoms with Crippen LogP contribution in [0.5, 0.6) is 5.75 Å². The number of hydrogen-bond donors (Lipinski definition) is 1. The minimum atomic E-state index is -1.21. The molecule has 8 nitrogen and oxygen atoms in total. The third-order valence-corrected chi connectivity index (χ3v) is 9.30. The van der Waals surface area contributed by atoms with Crippen LogP contribution in [0.25, 0.3) is 28.0 Å². The highest BCUT2D eigenvalue weighted by Crippen LogP contribution is 2.41. The lowest BCUT2D eigenvalue weighted by Crippen LogP contribution is -2.45. The lowest BCUT2D eigenvalue weighted by molar-refractivity contribution is -0.160. The number of anilines is 1. The summed E-state index contributed by atoms with van der Waals surface area (Å²) in [6.07, 6.45) is 4.31. The van der Waals surface area contributed by atoms with Crippen LogP contribution in [0, 0.1) is 18.6 Å². The molecule has 48 heavy (non-hydrogen) atoms. The Balaban J connectivity index is 1.55. The topological polar surface area (TPSA) is 85.5 Å². The molecular weight excluding hydrogens is 616 g/mol. The van der Waals surface area contributed by atoms with Crippen LogP contribution in [-0.2, 0) is 14.3 Å². The molecule has 7 rings (SSSR count). The number of aromatic nitrogens is 2. The third kappa shape index (κ3) is 7.05. The number of carbonyl (C=O) groups is 1. The van der Waals surface area contributed by atoms with Gasteiger partial charge in [0.2, 0.25) is 0 Å². The highest BCUT2D eigenvalue weighted by Gasteiger charge is 2.37. The van der Waals surface area contributed by atoms with Crippen molar-refractivity contribution in [1.82, 2.24) is 9.38 Å². The summed E-state index contributed by atoms with van der Waals surface area (Å²) in [6, 6.07) is 11.3. The lowest BCUT2D eigenvalue weighted by atomic mass is 9.92. The van der Waals surface area contributed by atoms with E-state index in [2.05, 4.69) is 11.8 Å². The van der Waals surface area contributed by atoms with Crippen molar-refractivity contribution in [1.29, 1.82) is 0 Å². The molecule has 0 radical (unpaired) electrons. The fourth-order valence-corrected chi connectivity index (χ4v) is 6.84. The number of pyridine rings is 1. The first-order valence-electron chi connectivity index (χ1n) is 16.8. The highest BCUT2D eigenvalue weighted by atomic mass is 19.1. The van der Waals surface area contributed by atoms with Gasteiger partial charge in [-0.1, -0.05) is 18.2 Å². The molecule has 1 saturated heterocycles. The summed E-state index contributed by atoms with van der Waals surface area (Å²) in [7, 11) is 0. The van der Waals surface area contributed by atoms with Crippen LogP contribution in [0.3, 0.4) is 0 Å². The minimum absolute atomic E-state index is 0.150. The van der Waals surface area contributed by atoms with Gasteiger partial charge in [-0.25, -0.2) is 18.6 Å². The minimum Gasteiger partial charge on any atom is -0.490 e. The predicted octanol–water partition coefficient (Wildman–Crippen LogP) is 8.52. The molecule has 1 fully saturated rings. The summed E-state index contributed by atoms with van der Waals surface area (Å²) in [5.74, 6) is -1.61. The zero-order valence-electron chi connectivity index (χ0n) is 28.6. The van der Waals surface area contributed by atoms with E-state index in [-0.39, 0.29) is 23.0 Å². The summed E-state index contributed by atoms with van der Waals surface area (Å²) in [6.45, 7) is 13.4. The standard InChI is InChI=1S/C38H45F2N3O5/c1-23-18-31-41-29-22-43(31)35(32(23)34(36(44)45)48-37(3,4)5)42-15-13-38(6,14-16-42)46-17-8-7-10-24(2)47-30-21-27(39)20-28(40)33(30)26-12-9-11-25(29)19-26/h9,11-12,18-22,24,34H,7-8,10,13-17H2,1-6H3,(H,44,45). The van der Waals surface area contributed by atoms with E-state index in [4.69, 9.17) is 19.2 Å². The Kier molecular flexibility index (Phi) is 9.26. The van der Waals surface area contributed by atoms with E-state index in [1.165, 1.54) is 6.07 Å². The van der Waals surface area contributed by atoms with Gasteiger partial charge in [-0.15, -0.1) is 0 Å². The van der Waals surface area contributed by atoms with E-state index in [0.717, 1.165) is 48.7 Å². The largest absolute Gasteiger partial charge is 0.490 e. The molecule has 6 bridgehead atoms. The van der Waals surface area contributed by atoms with Gasteiger partial charge < -0.3 is 24.2 Å². The molecule has 10 heteroatoms. The number of carboxylic acids is 1. The van der Waals surface area contributed by atoms with E-state index in [9.17, 15) is 14.3 Å². The van der Waals surface area contributed by atoms with Gasteiger partial charge >= 0.3 is 5.97 Å². The molecule has 0 aliphatic carbocycles. The maximum atomic E-state index is 15.5. The van der Waals surface area contributed by atoms with Crippen molar-refractivity contribution < 1.29 is 32.9 Å². The Bertz CT molecular complexity index is 1820. The van der Waals surface area contributed by atoms with Crippen molar-refractivity contribution in [2.75, 3.05) is 24.6 Å². The number of ether oxygens (including phenoxy) is 3. The van der Waals surface area contributed by atoms with Gasteiger partial charge in [0.1, 0.15) is 28.8 Å². The number of rotatable bonds is 3. The van der Waals surface area contributed by atoms with Crippen molar-refractivity contribution >= 4 is 17.4 Å². The molecule has 4 aromatic rings. The first kappa shape index (κ1) is 33.9. The number of nitrogens with zero attached hydrogens (tertiary/aromatic N) is 3. The average Bonchev–Trinajstić information content (AvgIpc) is 3.42. The average molecular weight is 662 g/mol. The number of aliphatic carboxylic acids is 1. The Morgan fingerprint density at radius 3 is 2.54 bits per heavy atom. The quantitative estimate of drug-likeness (QED) is 0.236. The number of carboxylic acid groups (broad SMARTS) is 1. The molecule has 1 N–H and O–H groups in total. The van der Waals surface area contributed by atoms with Crippen molar-refractivity contribution in [3.05, 3.63) is 71.4 Å². The third-order valence-electron chi connectivity index (χ3n) is 9.30. The van der Waals surface area contributed by atoms with Gasteiger partial charge in [0.25, 0.3) is 0 Å². The van der Waals surface area contributed by atoms with Gasteiger partial charge in [-0.3, -0.25) is 4.40 Å². The van der Waals surface area contributed by atoms with Crippen LogP contribution < -0.4 is 9.64 Å². The van der Waals surface area contributed by atoms with Crippen LogP contribution in [0.2, 0.25) is 0 Å². The molecule has 256 valence electrons. The summed E-state index contributed by atoms with van der Waals surface area (Å²) in [5, 5.41) is 10.5. The number of halogens is 2. The fraction of sp³-hybridized carbons (Fsp3) is 0.474. The van der Waals surface area contributed by atoms with Crippen LogP contribution in [-0.4, -0.2) is 57.5 Å². The molecule has 2 atom stereocenters. The SMILES string of the molecule is Cc1cc2nc3cn2c(c1C(OC(C)(C)C)C(=O)O)N1CCC(C)(CC1)OCCCCC(C)Oc1cc(F)cc(F)c1-c1cccc-3c1. The van der Waals surface area contributed by atoms with E-state index in [1.54, 1.807) is 6.07 Å². The summed E-state index contributed by atoms with van der Waals surface area (Å²) in [5.41, 5.74) is 3.00. The van der Waals surface area contributed by atoms with Gasteiger partial charge in [-0.05, 0) is 96.9 Å². The number of benzene rings is 2. The van der Waals surface area contributed by atoms with Gasteiger partial charge in [0.15, 0.2) is 6.10 Å². The molecule has 3 aliphatic rings. The summed E-state index contributed by atoms with van der Waals surface area (Å²) in [4.78, 5) is 20.0. The monoisotopic (exact) mass is 661 g/mol. The molecule has 2 aromatic heterocycles. The number of hydrogen-bond acceptors (Lipinski definition) is 6. The second-order valence-corrected chi connectivity index (χ2v) is 14.4. The lowest BCUT2D eigenvalue weighted by Gasteiger charge is -2.41. The molecular formula is C38H45F2N3O5. The second kappa shape index (κ2) is 13.1. The normalized spacial score (nSPS) is 21.2. The van der Waals surface area contributed by atoms with Gasteiger partial charge in [0, 0.05) is 49.2 Å². The molecule has 2 unspecified atom stereocenters. The molecule has 0 saturated carbocycles. The van der Waals surface area contributed by atoms with Crippen LogP contribution in [0.1, 0.15) is 84.0 Å². The number of aryl methyl sites for hydroxylation is 1. The maximum Gasteiger partial charge on any atom is 0.337 e. The predicted molar refractivity (Wildman–Crippen MR) is 182 cm³/mol. The molecule has 0 amide bonds. The van der Waals surface area contributed by atoms with Crippen molar-refractivity contribution in [2.24, 2.45) is 0 Å². The first-order chi connectivity index (χ1) is 22.7. The number of fused-ring (bicyclic) bond motifs is 8. The first-order valence-corrected chi connectivity index (χ1v) is 16.8. The maximum absolute atomic E-state index is 15.5. The Morgan fingerprint density at radius 1 is 1.10 bits per heavy atom. The smallest absolute Gasteiger partial charge is 0.337 e. The Morgan fingerprint density at radius 2 is 1.83 bits per heavy atom. The van der Waals surface area contributed by atoms with Crippen molar-refractivity contribution in [2.45, 2.75) is 97.1 Å². The zero-order valence-corrected chi connectivity index (χ0v) is 28.6. The van der Waals surface area contributed by atoms with Gasteiger partial charge in [-0.2, -0.15) is 0 Å². The number of piperidine rings is 1. The van der Waals surface area contributed by atoms with Crippen molar-refractivity contribution in [3.63, 3.8) is 0 Å². The van der Waals surface area contributed by atoms with E-state index >= 15 is 4.39 Å². The molecule has 0 spiro atoms. The Hall–Kier alpha value is -4.02. The van der Waals surface area contributed by atoms with Crippen LogP contribution >= 0.6 is 0 Å². The van der Waals surface area contributed by atoms with E-state index in [1.807, 2.05) is 69.5 Å². The summed E-state index contributed by atoms with van der Waals surface area (Å²) < 4.78 is 50.7. The summed E-state index contributed by atoms with van der Waals surface area (Å²) >= 11 is 0. The van der Waals surface area contributed by atoms with Gasteiger partial charge in [0.05, 0.1) is 28.6 Å². The van der Waals surface area contributed by atoms with E-state index in [0.29, 0.717) is 48.6 Å². The van der Waals surface area contributed by atoms with Crippen molar-refractivity contribution in [3.8, 4) is 28.1 Å². The molecule has 2 aromatic carbocycles. The van der Waals surface area contributed by atoms with Crippen LogP contribution in [0.4, 0.5) is 14.6 Å². The fourth-order valence-electron chi connectivity index (χ4n) is 6.84. The highest BCUT2D eigenvalue weighted by molar-refractivity contribution is 5.80.